The van der Waals surface area contributed by atoms with E-state index in [-0.39, 0.29) is 24.5 Å². The predicted molar refractivity (Wildman–Crippen MR) is 66.7 cm³/mol. The summed E-state index contributed by atoms with van der Waals surface area (Å²) in [5.41, 5.74) is 0. The number of likely N-dealkylation sites (tertiary alicyclic amines) is 1. The summed E-state index contributed by atoms with van der Waals surface area (Å²) in [6.45, 7) is 2.43. The summed E-state index contributed by atoms with van der Waals surface area (Å²) < 4.78 is 10.5. The lowest BCUT2D eigenvalue weighted by molar-refractivity contribution is -0.148. The van der Waals surface area contributed by atoms with Crippen molar-refractivity contribution in [2.45, 2.75) is 31.8 Å². The average molecular weight is 271 g/mol. The lowest BCUT2D eigenvalue weighted by Gasteiger charge is -2.34. The maximum absolute atomic E-state index is 12.3. The van der Waals surface area contributed by atoms with Crippen molar-refractivity contribution in [2.75, 3.05) is 32.9 Å². The highest BCUT2D eigenvalue weighted by Crippen LogP contribution is 2.21. The number of hydrogen-bond acceptors (Lipinski definition) is 4. The van der Waals surface area contributed by atoms with Crippen LogP contribution in [-0.4, -0.2) is 60.9 Å². The second-order valence-corrected chi connectivity index (χ2v) is 5.12. The number of carbonyl (C=O) groups excluding carboxylic acids is 1. The van der Waals surface area contributed by atoms with E-state index in [1.807, 2.05) is 4.90 Å². The zero-order valence-corrected chi connectivity index (χ0v) is 11.0. The van der Waals surface area contributed by atoms with Gasteiger partial charge in [0.25, 0.3) is 0 Å². The topological polar surface area (TPSA) is 76.1 Å². The molecule has 1 N–H and O–H groups in total. The summed E-state index contributed by atoms with van der Waals surface area (Å²) in [7, 11) is 0. The van der Waals surface area contributed by atoms with Crippen LogP contribution in [0, 0.1) is 5.92 Å². The van der Waals surface area contributed by atoms with Gasteiger partial charge in [0, 0.05) is 32.2 Å². The molecule has 1 amide bonds. The van der Waals surface area contributed by atoms with Crippen molar-refractivity contribution in [1.82, 2.24) is 4.90 Å². The zero-order chi connectivity index (χ0) is 13.7. The first-order valence-corrected chi connectivity index (χ1v) is 6.86. The Kier molecular flexibility index (Phi) is 5.15. The molecule has 0 unspecified atom stereocenters. The van der Waals surface area contributed by atoms with Crippen molar-refractivity contribution in [1.29, 1.82) is 0 Å². The summed E-state index contributed by atoms with van der Waals surface area (Å²) in [5, 5.41) is 8.55. The summed E-state index contributed by atoms with van der Waals surface area (Å²) in [6.07, 6.45) is 3.04. The molecular weight excluding hydrogens is 250 g/mol. The van der Waals surface area contributed by atoms with Gasteiger partial charge in [0.15, 0.2) is 0 Å². The van der Waals surface area contributed by atoms with Crippen molar-refractivity contribution in [3.63, 3.8) is 0 Å². The lowest BCUT2D eigenvalue weighted by atomic mass is 9.97. The molecule has 0 spiro atoms. The Morgan fingerprint density at radius 3 is 2.37 bits per heavy atom. The minimum atomic E-state index is -0.944. The maximum atomic E-state index is 12.3. The average Bonchev–Trinajstić information content (AvgIpc) is 2.46. The van der Waals surface area contributed by atoms with Gasteiger partial charge in [-0.25, -0.2) is 4.79 Å². The molecule has 2 saturated heterocycles. The zero-order valence-electron chi connectivity index (χ0n) is 11.0. The number of amides is 1. The minimum Gasteiger partial charge on any atom is -0.480 e. The van der Waals surface area contributed by atoms with Crippen LogP contribution in [0.3, 0.4) is 0 Å². The molecule has 0 bridgehead atoms. The number of carbonyl (C=O) groups is 2. The smallest absolute Gasteiger partial charge is 0.329 e. The number of carboxylic acid groups (broad SMARTS) is 1. The van der Waals surface area contributed by atoms with Crippen LogP contribution in [0.15, 0.2) is 0 Å². The second kappa shape index (κ2) is 6.86. The molecule has 0 aliphatic carbocycles. The lowest BCUT2D eigenvalue weighted by Crippen LogP contribution is -2.45. The SMILES string of the molecule is O=C(O)COC1CCN(C(=O)C2CCOCC2)CC1. The van der Waals surface area contributed by atoms with E-state index < -0.39 is 5.97 Å². The van der Waals surface area contributed by atoms with E-state index in [4.69, 9.17) is 14.6 Å². The van der Waals surface area contributed by atoms with E-state index in [1.165, 1.54) is 0 Å². The first-order valence-electron chi connectivity index (χ1n) is 6.86. The minimum absolute atomic E-state index is 0.0326. The molecule has 0 aromatic heterocycles. The predicted octanol–water partition coefficient (Wildman–Crippen LogP) is 0.505. The Balaban J connectivity index is 1.72. The fourth-order valence-corrected chi connectivity index (χ4v) is 2.63. The van der Waals surface area contributed by atoms with E-state index in [0.29, 0.717) is 26.3 Å². The Morgan fingerprint density at radius 1 is 1.16 bits per heavy atom. The molecule has 2 rings (SSSR count). The van der Waals surface area contributed by atoms with Crippen LogP contribution in [0.25, 0.3) is 0 Å². The standard InChI is InChI=1S/C13H21NO5/c15-12(16)9-19-11-1-5-14(6-2-11)13(17)10-3-7-18-8-4-10/h10-11H,1-9H2,(H,15,16). The Labute approximate surface area is 112 Å². The van der Waals surface area contributed by atoms with Gasteiger partial charge in [-0.3, -0.25) is 4.79 Å². The summed E-state index contributed by atoms with van der Waals surface area (Å²) in [5.74, 6) is -0.620. The van der Waals surface area contributed by atoms with Crippen LogP contribution in [0.2, 0.25) is 0 Å². The van der Waals surface area contributed by atoms with Crippen LogP contribution >= 0.6 is 0 Å². The monoisotopic (exact) mass is 271 g/mol. The van der Waals surface area contributed by atoms with Crippen molar-refractivity contribution < 1.29 is 24.2 Å². The number of rotatable bonds is 4. The molecule has 0 aromatic rings. The van der Waals surface area contributed by atoms with E-state index >= 15 is 0 Å². The summed E-state index contributed by atoms with van der Waals surface area (Å²) >= 11 is 0. The fourth-order valence-electron chi connectivity index (χ4n) is 2.63. The molecule has 0 radical (unpaired) electrons. The largest absolute Gasteiger partial charge is 0.480 e. The van der Waals surface area contributed by atoms with Crippen LogP contribution in [-0.2, 0) is 19.1 Å². The van der Waals surface area contributed by atoms with Crippen LogP contribution in [0.1, 0.15) is 25.7 Å². The third kappa shape index (κ3) is 4.18. The van der Waals surface area contributed by atoms with Gasteiger partial charge in [0.1, 0.15) is 6.61 Å². The van der Waals surface area contributed by atoms with Gasteiger partial charge in [0.05, 0.1) is 6.10 Å². The van der Waals surface area contributed by atoms with Gasteiger partial charge in [-0.05, 0) is 25.7 Å². The van der Waals surface area contributed by atoms with E-state index in [9.17, 15) is 9.59 Å². The highest BCUT2D eigenvalue weighted by molar-refractivity contribution is 5.79. The quantitative estimate of drug-likeness (QED) is 0.806. The fraction of sp³-hybridized carbons (Fsp3) is 0.846. The first-order chi connectivity index (χ1) is 9.16. The molecule has 0 aromatic carbocycles. The molecule has 2 aliphatic rings. The Bertz CT molecular complexity index is 319. The molecule has 2 fully saturated rings. The van der Waals surface area contributed by atoms with Gasteiger partial charge in [-0.2, -0.15) is 0 Å². The second-order valence-electron chi connectivity index (χ2n) is 5.12. The number of carboxylic acids is 1. The third-order valence-corrected chi connectivity index (χ3v) is 3.77. The molecule has 6 nitrogen and oxygen atoms in total. The van der Waals surface area contributed by atoms with Crippen molar-refractivity contribution in [3.8, 4) is 0 Å². The molecular formula is C13H21NO5. The Morgan fingerprint density at radius 2 is 1.79 bits per heavy atom. The Hall–Kier alpha value is -1.14. The highest BCUT2D eigenvalue weighted by atomic mass is 16.5. The molecule has 0 saturated carbocycles. The van der Waals surface area contributed by atoms with Crippen molar-refractivity contribution in [2.24, 2.45) is 5.92 Å². The van der Waals surface area contributed by atoms with Crippen LogP contribution in [0.4, 0.5) is 0 Å². The first kappa shape index (κ1) is 14.3. The van der Waals surface area contributed by atoms with Crippen LogP contribution in [0.5, 0.6) is 0 Å². The molecule has 108 valence electrons. The third-order valence-electron chi connectivity index (χ3n) is 3.77. The summed E-state index contributed by atoms with van der Waals surface area (Å²) in [4.78, 5) is 24.6. The normalized spacial score (nSPS) is 22.4. The molecule has 19 heavy (non-hydrogen) atoms. The van der Waals surface area contributed by atoms with Gasteiger partial charge in [-0.15, -0.1) is 0 Å². The molecule has 2 heterocycles. The molecule has 0 atom stereocenters. The molecule has 2 aliphatic heterocycles. The van der Waals surface area contributed by atoms with E-state index in [2.05, 4.69) is 0 Å². The van der Waals surface area contributed by atoms with Gasteiger partial charge < -0.3 is 19.5 Å². The number of hydrogen-bond donors (Lipinski definition) is 1. The number of ether oxygens (including phenoxy) is 2. The molecule has 6 heteroatoms. The highest BCUT2D eigenvalue weighted by Gasteiger charge is 2.29. The van der Waals surface area contributed by atoms with Crippen LogP contribution < -0.4 is 0 Å². The number of nitrogens with zero attached hydrogens (tertiary/aromatic N) is 1. The van der Waals surface area contributed by atoms with Crippen molar-refractivity contribution >= 4 is 11.9 Å². The van der Waals surface area contributed by atoms with Gasteiger partial charge in [0.2, 0.25) is 5.91 Å². The van der Waals surface area contributed by atoms with E-state index in [0.717, 1.165) is 25.7 Å². The number of piperidine rings is 1. The van der Waals surface area contributed by atoms with Gasteiger partial charge >= 0.3 is 5.97 Å². The maximum Gasteiger partial charge on any atom is 0.329 e. The summed E-state index contributed by atoms with van der Waals surface area (Å²) in [6, 6.07) is 0. The number of aliphatic carboxylic acids is 1. The van der Waals surface area contributed by atoms with Gasteiger partial charge in [-0.1, -0.05) is 0 Å². The van der Waals surface area contributed by atoms with Crippen molar-refractivity contribution in [3.05, 3.63) is 0 Å². The van der Waals surface area contributed by atoms with E-state index in [1.54, 1.807) is 0 Å².